The Labute approximate surface area is 113 Å². The van der Waals surface area contributed by atoms with Crippen LogP contribution in [-0.2, 0) is 4.79 Å². The molecule has 3 rings (SSSR count). The van der Waals surface area contributed by atoms with Crippen LogP contribution in [0, 0.1) is 5.92 Å². The molecule has 1 aromatic rings. The van der Waals surface area contributed by atoms with E-state index in [2.05, 4.69) is 0 Å². The standard InChI is InChI=1S/C15H19NO3/c17-12-6-7-14-13(8-12)16(15(18)10-19-14)9-11-4-2-1-3-5-11/h6-8,11,17H,1-5,9-10H2. The van der Waals surface area contributed by atoms with E-state index >= 15 is 0 Å². The third kappa shape index (κ3) is 2.53. The van der Waals surface area contributed by atoms with E-state index in [-0.39, 0.29) is 18.3 Å². The van der Waals surface area contributed by atoms with Crippen molar-refractivity contribution in [3.8, 4) is 11.5 Å². The summed E-state index contributed by atoms with van der Waals surface area (Å²) in [5.41, 5.74) is 0.710. The number of ether oxygens (including phenoxy) is 1. The van der Waals surface area contributed by atoms with E-state index in [4.69, 9.17) is 4.74 Å². The second kappa shape index (κ2) is 5.11. The quantitative estimate of drug-likeness (QED) is 0.890. The molecule has 0 bridgehead atoms. The number of anilines is 1. The van der Waals surface area contributed by atoms with E-state index in [0.29, 0.717) is 17.4 Å². The van der Waals surface area contributed by atoms with Crippen LogP contribution in [0.3, 0.4) is 0 Å². The molecular formula is C15H19NO3. The molecule has 1 aromatic carbocycles. The first-order valence-electron chi connectivity index (χ1n) is 7.00. The molecule has 0 atom stereocenters. The van der Waals surface area contributed by atoms with Crippen molar-refractivity contribution in [2.45, 2.75) is 32.1 Å². The number of carbonyl (C=O) groups is 1. The van der Waals surface area contributed by atoms with Gasteiger partial charge in [-0.2, -0.15) is 0 Å². The van der Waals surface area contributed by atoms with Gasteiger partial charge in [0.1, 0.15) is 11.5 Å². The molecule has 1 fully saturated rings. The molecule has 1 amide bonds. The monoisotopic (exact) mass is 261 g/mol. The molecule has 0 spiro atoms. The van der Waals surface area contributed by atoms with E-state index in [0.717, 1.165) is 6.54 Å². The van der Waals surface area contributed by atoms with Crippen molar-refractivity contribution in [3.05, 3.63) is 18.2 Å². The third-order valence-corrected chi connectivity index (χ3v) is 4.05. The summed E-state index contributed by atoms with van der Waals surface area (Å²) in [6, 6.07) is 4.94. The second-order valence-corrected chi connectivity index (χ2v) is 5.45. The second-order valence-electron chi connectivity index (χ2n) is 5.45. The Morgan fingerprint density at radius 2 is 2.05 bits per heavy atom. The van der Waals surface area contributed by atoms with Crippen LogP contribution in [0.25, 0.3) is 0 Å². The van der Waals surface area contributed by atoms with E-state index in [9.17, 15) is 9.90 Å². The van der Waals surface area contributed by atoms with Gasteiger partial charge in [0.2, 0.25) is 0 Å². The van der Waals surface area contributed by atoms with Gasteiger partial charge in [-0.25, -0.2) is 0 Å². The SMILES string of the molecule is O=C1COc2ccc(O)cc2N1CC1CCCCC1. The van der Waals surface area contributed by atoms with Crippen LogP contribution in [-0.4, -0.2) is 24.2 Å². The van der Waals surface area contributed by atoms with Gasteiger partial charge in [0.05, 0.1) is 5.69 Å². The topological polar surface area (TPSA) is 49.8 Å². The molecule has 1 heterocycles. The summed E-state index contributed by atoms with van der Waals surface area (Å²) >= 11 is 0. The summed E-state index contributed by atoms with van der Waals surface area (Å²) in [4.78, 5) is 13.8. The van der Waals surface area contributed by atoms with Gasteiger partial charge in [0.25, 0.3) is 5.91 Å². The maximum atomic E-state index is 12.1. The minimum absolute atomic E-state index is 0.0105. The number of aromatic hydroxyl groups is 1. The van der Waals surface area contributed by atoms with Crippen molar-refractivity contribution in [3.63, 3.8) is 0 Å². The molecule has 0 aromatic heterocycles. The fourth-order valence-electron chi connectivity index (χ4n) is 3.02. The highest BCUT2D eigenvalue weighted by molar-refractivity contribution is 5.98. The zero-order valence-electron chi connectivity index (χ0n) is 11.0. The Kier molecular flexibility index (Phi) is 3.32. The highest BCUT2D eigenvalue weighted by Crippen LogP contribution is 2.36. The predicted octanol–water partition coefficient (Wildman–Crippen LogP) is 2.70. The lowest BCUT2D eigenvalue weighted by molar-refractivity contribution is -0.121. The van der Waals surface area contributed by atoms with Crippen molar-refractivity contribution in [1.82, 2.24) is 0 Å². The average molecular weight is 261 g/mol. The Balaban J connectivity index is 1.83. The molecule has 0 unspecified atom stereocenters. The van der Waals surface area contributed by atoms with Crippen LogP contribution in [0.5, 0.6) is 11.5 Å². The van der Waals surface area contributed by atoms with Gasteiger partial charge in [-0.3, -0.25) is 4.79 Å². The summed E-state index contributed by atoms with van der Waals surface area (Å²) in [6.07, 6.45) is 6.22. The number of carbonyl (C=O) groups excluding carboxylic acids is 1. The summed E-state index contributed by atoms with van der Waals surface area (Å²) in [5.74, 6) is 1.42. The lowest BCUT2D eigenvalue weighted by Crippen LogP contribution is -2.42. The Hall–Kier alpha value is -1.71. The lowest BCUT2D eigenvalue weighted by Gasteiger charge is -2.33. The zero-order chi connectivity index (χ0) is 13.2. The van der Waals surface area contributed by atoms with Gasteiger partial charge in [0, 0.05) is 12.6 Å². The summed E-state index contributed by atoms with van der Waals surface area (Å²) < 4.78 is 5.41. The largest absolute Gasteiger partial charge is 0.508 e. The minimum atomic E-state index is -0.0105. The van der Waals surface area contributed by atoms with Gasteiger partial charge in [-0.1, -0.05) is 19.3 Å². The van der Waals surface area contributed by atoms with Gasteiger partial charge in [0.15, 0.2) is 6.61 Å². The van der Waals surface area contributed by atoms with E-state index in [1.165, 1.54) is 32.1 Å². The molecule has 0 saturated heterocycles. The van der Waals surface area contributed by atoms with Crippen LogP contribution in [0.2, 0.25) is 0 Å². The van der Waals surface area contributed by atoms with E-state index < -0.39 is 0 Å². The number of nitrogens with zero attached hydrogens (tertiary/aromatic N) is 1. The van der Waals surface area contributed by atoms with Crippen LogP contribution in [0.1, 0.15) is 32.1 Å². The number of rotatable bonds is 2. The molecule has 1 aliphatic heterocycles. The molecule has 1 N–H and O–H groups in total. The Bertz CT molecular complexity index is 480. The van der Waals surface area contributed by atoms with Gasteiger partial charge >= 0.3 is 0 Å². The van der Waals surface area contributed by atoms with Crippen LogP contribution < -0.4 is 9.64 Å². The van der Waals surface area contributed by atoms with Crippen molar-refractivity contribution < 1.29 is 14.6 Å². The lowest BCUT2D eigenvalue weighted by atomic mass is 9.88. The number of phenolic OH excluding ortho intramolecular Hbond substituents is 1. The number of hydrogen-bond acceptors (Lipinski definition) is 3. The maximum absolute atomic E-state index is 12.1. The van der Waals surface area contributed by atoms with Crippen LogP contribution >= 0.6 is 0 Å². The predicted molar refractivity (Wildman–Crippen MR) is 72.5 cm³/mol. The van der Waals surface area contributed by atoms with Crippen molar-refractivity contribution in [1.29, 1.82) is 0 Å². The first-order chi connectivity index (χ1) is 9.24. The van der Waals surface area contributed by atoms with Crippen molar-refractivity contribution in [2.75, 3.05) is 18.1 Å². The average Bonchev–Trinajstić information content (AvgIpc) is 2.43. The van der Waals surface area contributed by atoms with Crippen LogP contribution in [0.4, 0.5) is 5.69 Å². The fourth-order valence-corrected chi connectivity index (χ4v) is 3.02. The summed E-state index contributed by atoms with van der Waals surface area (Å²) in [5, 5.41) is 9.60. The van der Waals surface area contributed by atoms with Crippen molar-refractivity contribution >= 4 is 11.6 Å². The maximum Gasteiger partial charge on any atom is 0.265 e. The normalized spacial score (nSPS) is 20.0. The first kappa shape index (κ1) is 12.3. The Morgan fingerprint density at radius 3 is 2.84 bits per heavy atom. The summed E-state index contributed by atoms with van der Waals surface area (Å²) in [6.45, 7) is 0.850. The highest BCUT2D eigenvalue weighted by atomic mass is 16.5. The molecule has 1 saturated carbocycles. The molecule has 1 aliphatic carbocycles. The smallest absolute Gasteiger partial charge is 0.265 e. The number of benzene rings is 1. The highest BCUT2D eigenvalue weighted by Gasteiger charge is 2.28. The number of hydrogen-bond donors (Lipinski definition) is 1. The minimum Gasteiger partial charge on any atom is -0.508 e. The molecule has 4 heteroatoms. The fraction of sp³-hybridized carbons (Fsp3) is 0.533. The van der Waals surface area contributed by atoms with E-state index in [1.54, 1.807) is 23.1 Å². The summed E-state index contributed by atoms with van der Waals surface area (Å²) in [7, 11) is 0. The number of amides is 1. The van der Waals surface area contributed by atoms with Crippen molar-refractivity contribution in [2.24, 2.45) is 5.92 Å². The number of fused-ring (bicyclic) bond motifs is 1. The third-order valence-electron chi connectivity index (χ3n) is 4.05. The first-order valence-corrected chi connectivity index (χ1v) is 7.00. The number of phenols is 1. The van der Waals surface area contributed by atoms with Gasteiger partial charge in [-0.05, 0) is 30.9 Å². The molecule has 4 nitrogen and oxygen atoms in total. The Morgan fingerprint density at radius 1 is 1.26 bits per heavy atom. The molecule has 102 valence electrons. The molecule has 19 heavy (non-hydrogen) atoms. The molecular weight excluding hydrogens is 242 g/mol. The zero-order valence-corrected chi connectivity index (χ0v) is 11.0. The van der Waals surface area contributed by atoms with Gasteiger partial charge in [-0.15, -0.1) is 0 Å². The molecule has 2 aliphatic rings. The van der Waals surface area contributed by atoms with Gasteiger partial charge < -0.3 is 14.7 Å². The van der Waals surface area contributed by atoms with Crippen LogP contribution in [0.15, 0.2) is 18.2 Å². The van der Waals surface area contributed by atoms with E-state index in [1.807, 2.05) is 0 Å². The molecule has 0 radical (unpaired) electrons.